The van der Waals surface area contributed by atoms with Gasteiger partial charge in [-0.05, 0) is 60.4 Å². The summed E-state index contributed by atoms with van der Waals surface area (Å²) in [7, 11) is -2.28. The van der Waals surface area contributed by atoms with Crippen LogP contribution in [0, 0.1) is 0 Å². The summed E-state index contributed by atoms with van der Waals surface area (Å²) in [6, 6.07) is 22.2. The zero-order valence-corrected chi connectivity index (χ0v) is 25.6. The van der Waals surface area contributed by atoms with Crippen LogP contribution in [0.2, 0.25) is 5.02 Å². The number of hydrogen-bond donors (Lipinski definition) is 1. The second kappa shape index (κ2) is 14.6. The molecule has 1 aliphatic rings. The average Bonchev–Trinajstić information content (AvgIpc) is 2.98. The molecule has 3 aromatic carbocycles. The minimum Gasteiger partial charge on any atom is -0.497 e. The highest BCUT2D eigenvalue weighted by molar-refractivity contribution is 7.92. The van der Waals surface area contributed by atoms with Crippen molar-refractivity contribution in [3.63, 3.8) is 0 Å². The van der Waals surface area contributed by atoms with Gasteiger partial charge >= 0.3 is 0 Å². The molecular formula is C32H38ClN3O5S. The Labute approximate surface area is 253 Å². The number of carbonyl (C=O) groups is 2. The molecule has 0 saturated heterocycles. The second-order valence-corrected chi connectivity index (χ2v) is 13.0. The number of benzene rings is 3. The highest BCUT2D eigenvalue weighted by Crippen LogP contribution is 2.24. The Morgan fingerprint density at radius 3 is 2.26 bits per heavy atom. The van der Waals surface area contributed by atoms with E-state index in [0.717, 1.165) is 53.8 Å². The summed E-state index contributed by atoms with van der Waals surface area (Å²) in [5, 5.41) is 3.65. The van der Waals surface area contributed by atoms with Crippen molar-refractivity contribution in [2.24, 2.45) is 0 Å². The van der Waals surface area contributed by atoms with Gasteiger partial charge in [-0.3, -0.25) is 13.9 Å². The Morgan fingerprint density at radius 2 is 1.62 bits per heavy atom. The van der Waals surface area contributed by atoms with E-state index in [4.69, 9.17) is 16.3 Å². The molecule has 0 heterocycles. The Balaban J connectivity index is 1.72. The van der Waals surface area contributed by atoms with Crippen LogP contribution in [0.3, 0.4) is 0 Å². The lowest BCUT2D eigenvalue weighted by Gasteiger charge is -2.35. The predicted molar refractivity (Wildman–Crippen MR) is 166 cm³/mol. The predicted octanol–water partition coefficient (Wildman–Crippen LogP) is 5.20. The number of nitrogens with one attached hydrogen (secondary N) is 1. The molecule has 1 N–H and O–H groups in total. The summed E-state index contributed by atoms with van der Waals surface area (Å²) >= 11 is 6.04. The van der Waals surface area contributed by atoms with E-state index in [1.807, 2.05) is 48.5 Å². The monoisotopic (exact) mass is 611 g/mol. The molecule has 42 heavy (non-hydrogen) atoms. The number of ether oxygens (including phenoxy) is 1. The Morgan fingerprint density at radius 1 is 0.952 bits per heavy atom. The van der Waals surface area contributed by atoms with E-state index in [1.54, 1.807) is 37.4 Å². The lowest BCUT2D eigenvalue weighted by Crippen LogP contribution is -2.55. The number of sulfonamides is 1. The minimum atomic E-state index is -3.85. The molecule has 1 aliphatic carbocycles. The molecule has 1 fully saturated rings. The molecule has 224 valence electrons. The number of nitrogens with zero attached hydrogens (tertiary/aromatic N) is 2. The number of anilines is 1. The minimum absolute atomic E-state index is 0.0416. The largest absolute Gasteiger partial charge is 0.497 e. The molecule has 0 spiro atoms. The first-order valence-corrected chi connectivity index (χ1v) is 16.4. The molecule has 1 saturated carbocycles. The van der Waals surface area contributed by atoms with Crippen molar-refractivity contribution in [3.05, 3.63) is 95.0 Å². The first kappa shape index (κ1) is 31.4. The van der Waals surface area contributed by atoms with Gasteiger partial charge in [0, 0.05) is 24.0 Å². The third-order valence-electron chi connectivity index (χ3n) is 7.50. The molecular weight excluding hydrogens is 574 g/mol. The van der Waals surface area contributed by atoms with E-state index in [0.29, 0.717) is 16.5 Å². The van der Waals surface area contributed by atoms with Gasteiger partial charge in [-0.15, -0.1) is 0 Å². The molecule has 0 aromatic heterocycles. The van der Waals surface area contributed by atoms with Gasteiger partial charge in [-0.25, -0.2) is 8.42 Å². The van der Waals surface area contributed by atoms with E-state index in [9.17, 15) is 18.0 Å². The van der Waals surface area contributed by atoms with Crippen molar-refractivity contribution < 1.29 is 22.7 Å². The van der Waals surface area contributed by atoms with Gasteiger partial charge in [0.05, 0.1) is 19.1 Å². The first-order chi connectivity index (χ1) is 20.1. The van der Waals surface area contributed by atoms with Crippen molar-refractivity contribution in [1.82, 2.24) is 10.2 Å². The van der Waals surface area contributed by atoms with Crippen LogP contribution in [0.1, 0.15) is 43.2 Å². The molecule has 0 radical (unpaired) electrons. The molecule has 0 aliphatic heterocycles. The fraction of sp³-hybridized carbons (Fsp3) is 0.375. The normalized spacial score (nSPS) is 14.5. The summed E-state index contributed by atoms with van der Waals surface area (Å²) in [5.41, 5.74) is 1.95. The summed E-state index contributed by atoms with van der Waals surface area (Å²) in [6.45, 7) is -0.393. The summed E-state index contributed by atoms with van der Waals surface area (Å²) in [6.07, 6.45) is 6.36. The van der Waals surface area contributed by atoms with Crippen molar-refractivity contribution >= 4 is 39.1 Å². The molecule has 2 amide bonds. The smallest absolute Gasteiger partial charge is 0.244 e. The van der Waals surface area contributed by atoms with E-state index < -0.39 is 28.5 Å². The van der Waals surface area contributed by atoms with Crippen LogP contribution in [0.25, 0.3) is 0 Å². The maximum atomic E-state index is 14.2. The Hall–Kier alpha value is -3.56. The zero-order chi connectivity index (χ0) is 30.1. The van der Waals surface area contributed by atoms with Gasteiger partial charge in [-0.2, -0.15) is 0 Å². The van der Waals surface area contributed by atoms with Crippen molar-refractivity contribution in [3.8, 4) is 5.75 Å². The van der Waals surface area contributed by atoms with Gasteiger partial charge in [0.25, 0.3) is 0 Å². The summed E-state index contributed by atoms with van der Waals surface area (Å²) < 4.78 is 32.2. The van der Waals surface area contributed by atoms with Crippen LogP contribution in [-0.2, 0) is 32.6 Å². The third kappa shape index (κ3) is 8.72. The van der Waals surface area contributed by atoms with E-state index in [-0.39, 0.29) is 24.9 Å². The van der Waals surface area contributed by atoms with Crippen molar-refractivity contribution in [1.29, 1.82) is 0 Å². The molecule has 3 aromatic rings. The van der Waals surface area contributed by atoms with E-state index in [2.05, 4.69) is 5.32 Å². The highest BCUT2D eigenvalue weighted by Gasteiger charge is 2.34. The molecule has 8 nitrogen and oxygen atoms in total. The number of hydrogen-bond acceptors (Lipinski definition) is 5. The topological polar surface area (TPSA) is 96.0 Å². The maximum Gasteiger partial charge on any atom is 0.244 e. The molecule has 0 bridgehead atoms. The summed E-state index contributed by atoms with van der Waals surface area (Å²) in [4.78, 5) is 29.7. The van der Waals surface area contributed by atoms with Crippen LogP contribution in [-0.4, -0.2) is 57.1 Å². The molecule has 10 heteroatoms. The average molecular weight is 612 g/mol. The van der Waals surface area contributed by atoms with Crippen LogP contribution in [0.15, 0.2) is 78.9 Å². The van der Waals surface area contributed by atoms with Crippen molar-refractivity contribution in [2.75, 3.05) is 24.2 Å². The summed E-state index contributed by atoms with van der Waals surface area (Å²) in [5.74, 6) is -0.137. The van der Waals surface area contributed by atoms with E-state index >= 15 is 0 Å². The highest BCUT2D eigenvalue weighted by atomic mass is 35.5. The second-order valence-electron chi connectivity index (χ2n) is 10.7. The van der Waals surface area contributed by atoms with Crippen LogP contribution in [0.4, 0.5) is 5.69 Å². The quantitative estimate of drug-likeness (QED) is 0.304. The van der Waals surface area contributed by atoms with Crippen LogP contribution >= 0.6 is 11.6 Å². The maximum absolute atomic E-state index is 14.2. The number of carbonyl (C=O) groups excluding carboxylic acids is 2. The first-order valence-electron chi connectivity index (χ1n) is 14.1. The van der Waals surface area contributed by atoms with Gasteiger partial charge < -0.3 is 15.0 Å². The van der Waals surface area contributed by atoms with Gasteiger partial charge in [-0.1, -0.05) is 73.3 Å². The lowest BCUT2D eigenvalue weighted by atomic mass is 9.94. The molecule has 4 rings (SSSR count). The van der Waals surface area contributed by atoms with E-state index in [1.165, 1.54) is 4.90 Å². The third-order valence-corrected chi connectivity index (χ3v) is 8.90. The number of rotatable bonds is 12. The Kier molecular flexibility index (Phi) is 10.9. The number of amides is 2. The van der Waals surface area contributed by atoms with Crippen LogP contribution in [0.5, 0.6) is 5.75 Å². The van der Waals surface area contributed by atoms with Crippen LogP contribution < -0.4 is 14.4 Å². The number of halogens is 1. The Bertz CT molecular complexity index is 1440. The lowest BCUT2D eigenvalue weighted by molar-refractivity contribution is -0.140. The van der Waals surface area contributed by atoms with Crippen molar-refractivity contribution in [2.45, 2.75) is 57.2 Å². The molecule has 1 unspecified atom stereocenters. The molecule has 1 atom stereocenters. The number of methoxy groups -OCH3 is 1. The fourth-order valence-electron chi connectivity index (χ4n) is 5.29. The van der Waals surface area contributed by atoms with Gasteiger partial charge in [0.1, 0.15) is 18.3 Å². The SMILES string of the molecule is COc1cccc(CN(C(=O)CN(c2ccc(Cl)cc2)S(C)(=O)=O)C(Cc2ccccc2)C(=O)NC2CCCCC2)c1. The van der Waals surface area contributed by atoms with Gasteiger partial charge in [0.2, 0.25) is 21.8 Å². The fourth-order valence-corrected chi connectivity index (χ4v) is 6.26. The van der Waals surface area contributed by atoms with Gasteiger partial charge in [0.15, 0.2) is 0 Å². The standard InChI is InChI=1S/C32H38ClN3O5S/c1-41-29-15-9-12-25(20-29)22-35(31(37)23-36(42(2,39)40)28-18-16-26(33)17-19-28)30(21-24-10-5-3-6-11-24)32(38)34-27-13-7-4-8-14-27/h3,5-6,9-12,15-20,27,30H,4,7-8,13-14,21-23H2,1-2H3,(H,34,38). The zero-order valence-electron chi connectivity index (χ0n) is 24.0.